The lowest BCUT2D eigenvalue weighted by Gasteiger charge is -2.11. The maximum absolute atomic E-state index is 12.4. The van der Waals surface area contributed by atoms with Crippen molar-refractivity contribution in [2.45, 2.75) is 13.3 Å². The number of benzene rings is 1. The van der Waals surface area contributed by atoms with Gasteiger partial charge in [-0.05, 0) is 48.7 Å². The first-order chi connectivity index (χ1) is 16.0. The molecule has 0 saturated heterocycles. The molecule has 0 spiro atoms. The Balaban J connectivity index is 1.67. The molecule has 3 aromatic rings. The second-order valence-electron chi connectivity index (χ2n) is 7.15. The number of aromatic hydroxyl groups is 1. The lowest BCUT2D eigenvalue weighted by Crippen LogP contribution is -2.27. The van der Waals surface area contributed by atoms with Gasteiger partial charge in [0.05, 0.1) is 35.3 Å². The summed E-state index contributed by atoms with van der Waals surface area (Å²) >= 11 is 0. The number of pyridine rings is 1. The molecule has 2 heterocycles. The van der Waals surface area contributed by atoms with Crippen LogP contribution < -0.4 is 5.32 Å². The standard InChI is InChI=1S/C24H23N7O2/c1-4-30(16-26-3)11-5-10-27-23(32)19-7-9-22(28-14-19)31-24(33)21(15-29-31)20-8-6-18(13-25)12-17(20)2/h1,6-9,12,14-16,33H,5,10-11H2,2-3H3,(H,27,32)/b26-16-. The topological polar surface area (TPSA) is 119 Å². The number of rotatable bonds is 8. The van der Waals surface area contributed by atoms with Crippen LogP contribution in [-0.2, 0) is 0 Å². The summed E-state index contributed by atoms with van der Waals surface area (Å²) in [5.41, 5.74) is 3.06. The quantitative estimate of drug-likeness (QED) is 0.182. The zero-order chi connectivity index (χ0) is 23.8. The third kappa shape index (κ3) is 5.35. The fraction of sp³-hybridized carbons (Fsp3) is 0.208. The summed E-state index contributed by atoms with van der Waals surface area (Å²) in [5, 5.41) is 26.8. The molecule has 0 bridgehead atoms. The molecule has 0 radical (unpaired) electrons. The second-order valence-corrected chi connectivity index (χ2v) is 7.15. The molecule has 9 heteroatoms. The van der Waals surface area contributed by atoms with E-state index in [1.165, 1.54) is 17.1 Å². The van der Waals surface area contributed by atoms with E-state index in [1.54, 1.807) is 48.6 Å². The van der Waals surface area contributed by atoms with Gasteiger partial charge in [0.1, 0.15) is 0 Å². The maximum atomic E-state index is 12.4. The molecule has 1 amide bonds. The van der Waals surface area contributed by atoms with E-state index in [4.69, 9.17) is 11.7 Å². The Labute approximate surface area is 192 Å². The predicted molar refractivity (Wildman–Crippen MR) is 125 cm³/mol. The molecule has 0 aliphatic carbocycles. The van der Waals surface area contributed by atoms with Gasteiger partial charge in [-0.15, -0.1) is 0 Å². The lowest BCUT2D eigenvalue weighted by molar-refractivity contribution is 0.0952. The Hall–Kier alpha value is -4.63. The van der Waals surface area contributed by atoms with Gasteiger partial charge >= 0.3 is 0 Å². The minimum Gasteiger partial charge on any atom is -0.493 e. The summed E-state index contributed by atoms with van der Waals surface area (Å²) in [6.45, 7) is 2.88. The first kappa shape index (κ1) is 23.0. The van der Waals surface area contributed by atoms with Crippen molar-refractivity contribution in [3.8, 4) is 41.4 Å². The Morgan fingerprint density at radius 3 is 2.79 bits per heavy atom. The summed E-state index contributed by atoms with van der Waals surface area (Å²) in [6.07, 6.45) is 10.6. The zero-order valence-electron chi connectivity index (χ0n) is 18.4. The van der Waals surface area contributed by atoms with E-state index in [2.05, 4.69) is 32.5 Å². The Kier molecular flexibility index (Phi) is 7.40. The highest BCUT2D eigenvalue weighted by Gasteiger charge is 2.16. The third-order valence-corrected chi connectivity index (χ3v) is 4.90. The van der Waals surface area contributed by atoms with E-state index in [0.29, 0.717) is 42.0 Å². The fourth-order valence-corrected chi connectivity index (χ4v) is 3.23. The average molecular weight is 441 g/mol. The van der Waals surface area contributed by atoms with E-state index in [-0.39, 0.29) is 11.8 Å². The van der Waals surface area contributed by atoms with Crippen molar-refractivity contribution in [2.75, 3.05) is 20.1 Å². The Morgan fingerprint density at radius 1 is 1.33 bits per heavy atom. The molecule has 3 rings (SSSR count). The van der Waals surface area contributed by atoms with Crippen molar-refractivity contribution >= 4 is 12.2 Å². The highest BCUT2D eigenvalue weighted by Crippen LogP contribution is 2.32. The van der Waals surface area contributed by atoms with E-state index in [1.807, 2.05) is 6.92 Å². The third-order valence-electron chi connectivity index (χ3n) is 4.90. The summed E-state index contributed by atoms with van der Waals surface area (Å²) < 4.78 is 1.29. The highest BCUT2D eigenvalue weighted by molar-refractivity contribution is 5.93. The number of nitriles is 1. The minimum absolute atomic E-state index is 0.0822. The van der Waals surface area contributed by atoms with Crippen molar-refractivity contribution in [3.05, 3.63) is 59.4 Å². The van der Waals surface area contributed by atoms with E-state index in [0.717, 1.165) is 11.1 Å². The van der Waals surface area contributed by atoms with E-state index >= 15 is 0 Å². The molecule has 0 aliphatic heterocycles. The van der Waals surface area contributed by atoms with Crippen LogP contribution in [0.1, 0.15) is 27.9 Å². The van der Waals surface area contributed by atoms with Crippen molar-refractivity contribution in [3.63, 3.8) is 0 Å². The van der Waals surface area contributed by atoms with Gasteiger partial charge < -0.3 is 10.4 Å². The van der Waals surface area contributed by atoms with Crippen LogP contribution in [0.2, 0.25) is 0 Å². The molecule has 0 atom stereocenters. The van der Waals surface area contributed by atoms with Crippen molar-refractivity contribution in [1.29, 1.82) is 5.26 Å². The second kappa shape index (κ2) is 10.6. The average Bonchev–Trinajstić information content (AvgIpc) is 3.21. The molecular weight excluding hydrogens is 418 g/mol. The molecule has 0 aliphatic rings. The first-order valence-electron chi connectivity index (χ1n) is 10.2. The molecule has 0 fully saturated rings. The van der Waals surface area contributed by atoms with E-state index < -0.39 is 0 Å². The smallest absolute Gasteiger partial charge is 0.252 e. The molecule has 33 heavy (non-hydrogen) atoms. The van der Waals surface area contributed by atoms with Gasteiger partial charge in [0.15, 0.2) is 5.82 Å². The van der Waals surface area contributed by atoms with Crippen LogP contribution in [0.25, 0.3) is 16.9 Å². The van der Waals surface area contributed by atoms with Crippen LogP contribution in [-0.4, -0.2) is 57.2 Å². The molecule has 9 nitrogen and oxygen atoms in total. The summed E-state index contributed by atoms with van der Waals surface area (Å²) in [7, 11) is 1.64. The summed E-state index contributed by atoms with van der Waals surface area (Å²) in [5.74, 6) is 0.0235. The van der Waals surface area contributed by atoms with E-state index in [9.17, 15) is 9.90 Å². The number of carbonyl (C=O) groups is 1. The lowest BCUT2D eigenvalue weighted by atomic mass is 10.0. The highest BCUT2D eigenvalue weighted by atomic mass is 16.3. The van der Waals surface area contributed by atoms with Gasteiger partial charge in [-0.1, -0.05) is 12.5 Å². The predicted octanol–water partition coefficient (Wildman–Crippen LogP) is 2.49. The molecule has 2 aromatic heterocycles. The SMILES string of the molecule is C#CN(/C=N\C)CCCNC(=O)c1ccc(-n2ncc(-c3ccc(C#N)cc3C)c2O)nc1. The van der Waals surface area contributed by atoms with Crippen LogP contribution in [0.5, 0.6) is 5.88 Å². The number of aliphatic imine (C=N–C) groups is 1. The first-order valence-corrected chi connectivity index (χ1v) is 10.2. The molecule has 0 saturated carbocycles. The zero-order valence-corrected chi connectivity index (χ0v) is 18.4. The van der Waals surface area contributed by atoms with Crippen molar-refractivity contribution < 1.29 is 9.90 Å². The number of aryl methyl sites for hydroxylation is 1. The van der Waals surface area contributed by atoms with Crippen LogP contribution in [0.15, 0.2) is 47.7 Å². The molecule has 1 aromatic carbocycles. The molecule has 2 N–H and O–H groups in total. The largest absolute Gasteiger partial charge is 0.493 e. The number of nitrogens with one attached hydrogen (secondary N) is 1. The van der Waals surface area contributed by atoms with Gasteiger partial charge in [-0.25, -0.2) is 4.98 Å². The fourth-order valence-electron chi connectivity index (χ4n) is 3.23. The van der Waals surface area contributed by atoms with Crippen LogP contribution >= 0.6 is 0 Å². The summed E-state index contributed by atoms with van der Waals surface area (Å²) in [4.78, 5) is 22.1. The Bertz CT molecular complexity index is 1250. The Morgan fingerprint density at radius 2 is 2.15 bits per heavy atom. The number of hydrogen-bond acceptors (Lipinski definition) is 6. The number of terminal acetylenes is 1. The number of aromatic nitrogens is 3. The molecule has 166 valence electrons. The number of nitrogens with zero attached hydrogens (tertiary/aromatic N) is 6. The monoisotopic (exact) mass is 441 g/mol. The number of hydrogen-bond donors (Lipinski definition) is 2. The van der Waals surface area contributed by atoms with Gasteiger partial charge in [-0.3, -0.25) is 14.7 Å². The van der Waals surface area contributed by atoms with Crippen LogP contribution in [0.3, 0.4) is 0 Å². The summed E-state index contributed by atoms with van der Waals surface area (Å²) in [6, 6.07) is 13.0. The van der Waals surface area contributed by atoms with Gasteiger partial charge in [0, 0.05) is 32.4 Å². The van der Waals surface area contributed by atoms with Crippen LogP contribution in [0, 0.1) is 30.7 Å². The van der Waals surface area contributed by atoms with Crippen molar-refractivity contribution in [1.82, 2.24) is 25.0 Å². The minimum atomic E-state index is -0.260. The van der Waals surface area contributed by atoms with Gasteiger partial charge in [0.2, 0.25) is 5.88 Å². The van der Waals surface area contributed by atoms with Gasteiger partial charge in [-0.2, -0.15) is 15.0 Å². The number of carbonyl (C=O) groups excluding carboxylic acids is 1. The molecule has 0 unspecified atom stereocenters. The van der Waals surface area contributed by atoms with Crippen molar-refractivity contribution in [2.24, 2.45) is 4.99 Å². The normalized spacial score (nSPS) is 10.5. The van der Waals surface area contributed by atoms with Crippen LogP contribution in [0.4, 0.5) is 0 Å². The molecular formula is C24H23N7O2. The number of amides is 1. The van der Waals surface area contributed by atoms with Gasteiger partial charge in [0.25, 0.3) is 5.91 Å². The maximum Gasteiger partial charge on any atom is 0.252 e.